The number of ether oxygens (including phenoxy) is 1. The van der Waals surface area contributed by atoms with Crippen molar-refractivity contribution in [3.8, 4) is 0 Å². The quantitative estimate of drug-likeness (QED) is 0.347. The zero-order chi connectivity index (χ0) is 20.7. The number of benzene rings is 1. The third-order valence-corrected chi connectivity index (χ3v) is 3.91. The van der Waals surface area contributed by atoms with Gasteiger partial charge in [-0.15, -0.1) is 0 Å². The Labute approximate surface area is 161 Å². The Balaban J connectivity index is 2.22. The highest BCUT2D eigenvalue weighted by Gasteiger charge is 2.25. The van der Waals surface area contributed by atoms with E-state index in [2.05, 4.69) is 10.6 Å². The summed E-state index contributed by atoms with van der Waals surface area (Å²) in [6.45, 7) is 3.97. The van der Waals surface area contributed by atoms with Gasteiger partial charge in [-0.25, -0.2) is 9.59 Å². The van der Waals surface area contributed by atoms with Crippen molar-refractivity contribution in [1.82, 2.24) is 10.6 Å². The van der Waals surface area contributed by atoms with Crippen LogP contribution >= 0.6 is 0 Å². The van der Waals surface area contributed by atoms with Crippen molar-refractivity contribution in [3.63, 3.8) is 0 Å². The average Bonchev–Trinajstić information content (AvgIpc) is 2.65. The molecule has 2 rings (SSSR count). The Hall–Kier alpha value is -3.36. The second-order valence-corrected chi connectivity index (χ2v) is 6.02. The third-order valence-electron chi connectivity index (χ3n) is 3.91. The second-order valence-electron chi connectivity index (χ2n) is 6.02. The zero-order valence-electron chi connectivity index (χ0n) is 15.7. The molecule has 0 radical (unpaired) electrons. The summed E-state index contributed by atoms with van der Waals surface area (Å²) in [5, 5.41) is 5.53. The molecule has 9 nitrogen and oxygen atoms in total. The molecule has 0 aliphatic carbocycles. The van der Waals surface area contributed by atoms with Crippen LogP contribution < -0.4 is 22.0 Å². The number of hydrogen-bond donors (Lipinski definition) is 3. The van der Waals surface area contributed by atoms with Gasteiger partial charge in [0, 0.05) is 24.0 Å². The van der Waals surface area contributed by atoms with E-state index < -0.39 is 23.5 Å². The van der Waals surface area contributed by atoms with Gasteiger partial charge in [0.25, 0.3) is 5.91 Å². The molecule has 0 unspecified atom stereocenters. The van der Waals surface area contributed by atoms with Crippen molar-refractivity contribution in [2.75, 3.05) is 18.9 Å². The molecule has 0 spiro atoms. The molecule has 1 aromatic carbocycles. The molecule has 28 heavy (non-hydrogen) atoms. The molecule has 0 aliphatic rings. The maximum atomic E-state index is 12.6. The van der Waals surface area contributed by atoms with Gasteiger partial charge in [-0.3, -0.25) is 9.59 Å². The second kappa shape index (κ2) is 9.54. The lowest BCUT2D eigenvalue weighted by molar-refractivity contribution is -0.145. The van der Waals surface area contributed by atoms with Crippen molar-refractivity contribution in [2.45, 2.75) is 32.7 Å². The van der Waals surface area contributed by atoms with Crippen LogP contribution in [0.15, 0.2) is 33.5 Å². The number of amides is 2. The van der Waals surface area contributed by atoms with E-state index in [4.69, 9.17) is 14.9 Å². The van der Waals surface area contributed by atoms with Gasteiger partial charge < -0.3 is 25.5 Å². The van der Waals surface area contributed by atoms with Crippen LogP contribution in [0.25, 0.3) is 11.0 Å². The van der Waals surface area contributed by atoms with Gasteiger partial charge in [-0.2, -0.15) is 0 Å². The Kier molecular flexibility index (Phi) is 7.14. The first-order valence-corrected chi connectivity index (χ1v) is 8.93. The summed E-state index contributed by atoms with van der Waals surface area (Å²) >= 11 is 0. The molecule has 150 valence electrons. The van der Waals surface area contributed by atoms with E-state index in [-0.39, 0.29) is 36.5 Å². The lowest BCUT2D eigenvalue weighted by Crippen LogP contribution is -2.43. The van der Waals surface area contributed by atoms with Crippen LogP contribution in [0.2, 0.25) is 0 Å². The maximum Gasteiger partial charge on any atom is 0.349 e. The topological polar surface area (TPSA) is 141 Å². The molecule has 2 aromatic rings. The highest BCUT2D eigenvalue weighted by molar-refractivity contribution is 5.99. The van der Waals surface area contributed by atoms with Crippen LogP contribution in [-0.4, -0.2) is 37.0 Å². The maximum absolute atomic E-state index is 12.6. The average molecular weight is 389 g/mol. The minimum absolute atomic E-state index is 0.0143. The molecule has 2 amide bonds. The van der Waals surface area contributed by atoms with Gasteiger partial charge in [0.15, 0.2) is 0 Å². The molecule has 9 heteroatoms. The van der Waals surface area contributed by atoms with Crippen LogP contribution in [0, 0.1) is 0 Å². The van der Waals surface area contributed by atoms with Gasteiger partial charge in [-0.05, 0) is 44.5 Å². The predicted octanol–water partition coefficient (Wildman–Crippen LogP) is 0.953. The number of nitrogen functional groups attached to an aromatic ring is 1. The van der Waals surface area contributed by atoms with Crippen LogP contribution in [0.4, 0.5) is 5.69 Å². The smallest absolute Gasteiger partial charge is 0.349 e. The lowest BCUT2D eigenvalue weighted by atomic mass is 10.1. The van der Waals surface area contributed by atoms with Crippen molar-refractivity contribution >= 4 is 34.4 Å². The van der Waals surface area contributed by atoms with E-state index in [9.17, 15) is 19.2 Å². The lowest BCUT2D eigenvalue weighted by Gasteiger charge is -2.17. The van der Waals surface area contributed by atoms with E-state index in [0.717, 1.165) is 0 Å². The molecule has 0 fully saturated rings. The molecule has 1 heterocycles. The third kappa shape index (κ3) is 5.32. The van der Waals surface area contributed by atoms with Gasteiger partial charge in [-0.1, -0.05) is 0 Å². The fraction of sp³-hybridized carbons (Fsp3) is 0.368. The number of hydrogen-bond acceptors (Lipinski definition) is 7. The molecule has 1 atom stereocenters. The summed E-state index contributed by atoms with van der Waals surface area (Å²) in [4.78, 5) is 48.5. The molecular weight excluding hydrogens is 366 g/mol. The summed E-state index contributed by atoms with van der Waals surface area (Å²) in [5.74, 6) is -1.74. The van der Waals surface area contributed by atoms with Crippen molar-refractivity contribution in [2.24, 2.45) is 0 Å². The van der Waals surface area contributed by atoms with Crippen molar-refractivity contribution in [1.29, 1.82) is 0 Å². The Morgan fingerprint density at radius 3 is 2.64 bits per heavy atom. The minimum Gasteiger partial charge on any atom is -0.464 e. The standard InChI is InChI=1S/C19H23N3O6/c1-3-21-16(23)8-6-14(19(26)27-4-2)22-17(24)13-10-11-9-12(20)5-7-15(11)28-18(13)25/h5,7,9-10,14H,3-4,6,8,20H2,1-2H3,(H,21,23)(H,22,24)/t14-/m0/s1. The predicted molar refractivity (Wildman–Crippen MR) is 103 cm³/mol. The van der Waals surface area contributed by atoms with Gasteiger partial charge in [0.2, 0.25) is 5.91 Å². The van der Waals surface area contributed by atoms with E-state index in [0.29, 0.717) is 17.6 Å². The number of carbonyl (C=O) groups is 3. The SMILES string of the molecule is CCNC(=O)CC[C@H](NC(=O)c1cc2cc(N)ccc2oc1=O)C(=O)OCC. The van der Waals surface area contributed by atoms with E-state index in [1.165, 1.54) is 12.1 Å². The molecule has 0 aliphatic heterocycles. The number of carbonyl (C=O) groups excluding carboxylic acids is 3. The monoisotopic (exact) mass is 389 g/mol. The molecule has 0 saturated heterocycles. The molecule has 4 N–H and O–H groups in total. The highest BCUT2D eigenvalue weighted by atomic mass is 16.5. The van der Waals surface area contributed by atoms with E-state index >= 15 is 0 Å². The van der Waals surface area contributed by atoms with E-state index in [1.54, 1.807) is 26.0 Å². The summed E-state index contributed by atoms with van der Waals surface area (Å²) in [5.41, 5.74) is 5.33. The molecule has 0 saturated carbocycles. The largest absolute Gasteiger partial charge is 0.464 e. The normalized spacial score (nSPS) is 11.6. The van der Waals surface area contributed by atoms with Crippen molar-refractivity contribution < 1.29 is 23.5 Å². The van der Waals surface area contributed by atoms with Crippen LogP contribution in [0.5, 0.6) is 0 Å². The summed E-state index contributed by atoms with van der Waals surface area (Å²) < 4.78 is 10.1. The minimum atomic E-state index is -1.08. The van der Waals surface area contributed by atoms with Gasteiger partial charge >= 0.3 is 11.6 Å². The highest BCUT2D eigenvalue weighted by Crippen LogP contribution is 2.17. The Bertz CT molecular complexity index is 937. The van der Waals surface area contributed by atoms with Gasteiger partial charge in [0.1, 0.15) is 17.2 Å². The molecular formula is C19H23N3O6. The first-order chi connectivity index (χ1) is 13.3. The fourth-order valence-electron chi connectivity index (χ4n) is 2.59. The number of esters is 1. The number of nitrogens with two attached hydrogens (primary N) is 1. The summed E-state index contributed by atoms with van der Waals surface area (Å²) in [7, 11) is 0. The molecule has 1 aromatic heterocycles. The van der Waals surface area contributed by atoms with Crippen LogP contribution in [0.1, 0.15) is 37.0 Å². The number of rotatable bonds is 8. The van der Waals surface area contributed by atoms with Crippen LogP contribution in [0.3, 0.4) is 0 Å². The van der Waals surface area contributed by atoms with Crippen molar-refractivity contribution in [3.05, 3.63) is 40.2 Å². The Morgan fingerprint density at radius 1 is 1.21 bits per heavy atom. The number of nitrogens with one attached hydrogen (secondary N) is 2. The summed E-state index contributed by atoms with van der Waals surface area (Å²) in [6, 6.07) is 4.93. The first-order valence-electron chi connectivity index (χ1n) is 8.93. The molecule has 0 bridgehead atoms. The number of anilines is 1. The fourth-order valence-corrected chi connectivity index (χ4v) is 2.59. The first kappa shape index (κ1) is 20.9. The number of fused-ring (bicyclic) bond motifs is 1. The Morgan fingerprint density at radius 2 is 1.96 bits per heavy atom. The van der Waals surface area contributed by atoms with E-state index in [1.807, 2.05) is 0 Å². The van der Waals surface area contributed by atoms with Crippen LogP contribution in [-0.2, 0) is 14.3 Å². The summed E-state index contributed by atoms with van der Waals surface area (Å²) in [6.07, 6.45) is 0.0444. The zero-order valence-corrected chi connectivity index (χ0v) is 15.7. The van der Waals surface area contributed by atoms with Gasteiger partial charge in [0.05, 0.1) is 6.61 Å².